The normalized spacial score (nSPS) is 26.8. The second-order valence-corrected chi connectivity index (χ2v) is 5.56. The van der Waals surface area contributed by atoms with E-state index in [-0.39, 0.29) is 11.0 Å². The number of carboxylic acids is 1. The summed E-state index contributed by atoms with van der Waals surface area (Å²) in [6.45, 7) is 3.60. The SMILES string of the molecule is O=C(O)c1cncc(N2CCC3(CCCOC3)C2)c1. The molecule has 1 atom stereocenters. The largest absolute Gasteiger partial charge is 0.478 e. The van der Waals surface area contributed by atoms with E-state index in [2.05, 4.69) is 9.88 Å². The van der Waals surface area contributed by atoms with Gasteiger partial charge in [0.2, 0.25) is 0 Å². The van der Waals surface area contributed by atoms with Crippen molar-refractivity contribution in [2.45, 2.75) is 19.3 Å². The molecule has 19 heavy (non-hydrogen) atoms. The molecule has 1 aromatic heterocycles. The van der Waals surface area contributed by atoms with Crippen LogP contribution < -0.4 is 4.90 Å². The number of aromatic nitrogens is 1. The van der Waals surface area contributed by atoms with E-state index in [0.29, 0.717) is 0 Å². The molecule has 102 valence electrons. The summed E-state index contributed by atoms with van der Waals surface area (Å²) in [4.78, 5) is 17.2. The molecule has 2 aliphatic heterocycles. The topological polar surface area (TPSA) is 62.7 Å². The Morgan fingerprint density at radius 1 is 1.42 bits per heavy atom. The molecule has 0 aromatic carbocycles. The first-order valence-corrected chi connectivity index (χ1v) is 6.70. The first kappa shape index (κ1) is 12.4. The van der Waals surface area contributed by atoms with Crippen LogP contribution >= 0.6 is 0 Å². The lowest BCUT2D eigenvalue weighted by Gasteiger charge is -2.33. The van der Waals surface area contributed by atoms with E-state index in [9.17, 15) is 4.79 Å². The number of pyridine rings is 1. The molecule has 1 aromatic rings. The molecule has 0 bridgehead atoms. The first-order valence-electron chi connectivity index (χ1n) is 6.70. The van der Waals surface area contributed by atoms with Crippen LogP contribution in [-0.4, -0.2) is 42.4 Å². The second-order valence-electron chi connectivity index (χ2n) is 5.56. The van der Waals surface area contributed by atoms with Crippen molar-refractivity contribution < 1.29 is 14.6 Å². The molecule has 5 heteroatoms. The van der Waals surface area contributed by atoms with Crippen LogP contribution in [0.2, 0.25) is 0 Å². The van der Waals surface area contributed by atoms with Crippen LogP contribution in [0.5, 0.6) is 0 Å². The standard InChI is InChI=1S/C14H18N2O3/c17-13(18)11-6-12(8-15-7-11)16-4-3-14(9-16)2-1-5-19-10-14/h6-8H,1-5,9-10H2,(H,17,18). The number of carbonyl (C=O) groups is 1. The van der Waals surface area contributed by atoms with Crippen LogP contribution in [0.3, 0.4) is 0 Å². The van der Waals surface area contributed by atoms with Crippen LogP contribution in [0.15, 0.2) is 18.5 Å². The minimum atomic E-state index is -0.927. The summed E-state index contributed by atoms with van der Waals surface area (Å²) in [6, 6.07) is 1.71. The average molecular weight is 262 g/mol. The van der Waals surface area contributed by atoms with Gasteiger partial charge in [-0.05, 0) is 25.3 Å². The van der Waals surface area contributed by atoms with E-state index < -0.39 is 5.97 Å². The highest BCUT2D eigenvalue weighted by Gasteiger charge is 2.39. The smallest absolute Gasteiger partial charge is 0.337 e. The molecule has 0 amide bonds. The number of anilines is 1. The highest BCUT2D eigenvalue weighted by Crippen LogP contribution is 2.39. The van der Waals surface area contributed by atoms with Crippen LogP contribution in [-0.2, 0) is 4.74 Å². The van der Waals surface area contributed by atoms with Gasteiger partial charge < -0.3 is 14.7 Å². The van der Waals surface area contributed by atoms with Crippen LogP contribution in [0.25, 0.3) is 0 Å². The quantitative estimate of drug-likeness (QED) is 0.880. The first-order chi connectivity index (χ1) is 9.19. The fraction of sp³-hybridized carbons (Fsp3) is 0.571. The van der Waals surface area contributed by atoms with Gasteiger partial charge in [0, 0.05) is 31.3 Å². The number of hydrogen-bond acceptors (Lipinski definition) is 4. The summed E-state index contributed by atoms with van der Waals surface area (Å²) in [5.74, 6) is -0.927. The molecule has 2 fully saturated rings. The van der Waals surface area contributed by atoms with Crippen molar-refractivity contribution in [1.29, 1.82) is 0 Å². The Morgan fingerprint density at radius 2 is 2.32 bits per heavy atom. The van der Waals surface area contributed by atoms with Crippen LogP contribution in [0.4, 0.5) is 5.69 Å². The summed E-state index contributed by atoms with van der Waals surface area (Å²) in [6.07, 6.45) is 6.58. The maximum Gasteiger partial charge on any atom is 0.337 e. The Labute approximate surface area is 112 Å². The van der Waals surface area contributed by atoms with Crippen LogP contribution in [0.1, 0.15) is 29.6 Å². The molecule has 5 nitrogen and oxygen atoms in total. The highest BCUT2D eigenvalue weighted by atomic mass is 16.5. The van der Waals surface area contributed by atoms with Crippen molar-refractivity contribution in [3.63, 3.8) is 0 Å². The predicted molar refractivity (Wildman–Crippen MR) is 70.5 cm³/mol. The van der Waals surface area contributed by atoms with Gasteiger partial charge in [-0.25, -0.2) is 4.79 Å². The zero-order valence-corrected chi connectivity index (χ0v) is 10.8. The van der Waals surface area contributed by atoms with E-state index in [0.717, 1.165) is 44.8 Å². The monoisotopic (exact) mass is 262 g/mol. The molecule has 0 radical (unpaired) electrons. The third kappa shape index (κ3) is 2.42. The maximum absolute atomic E-state index is 11.0. The van der Waals surface area contributed by atoms with Crippen molar-refractivity contribution in [2.24, 2.45) is 5.41 Å². The van der Waals surface area contributed by atoms with Crippen molar-refractivity contribution in [3.8, 4) is 0 Å². The molecule has 0 saturated carbocycles. The molecule has 1 N–H and O–H groups in total. The average Bonchev–Trinajstić information content (AvgIpc) is 2.83. The van der Waals surface area contributed by atoms with Gasteiger partial charge in [0.15, 0.2) is 0 Å². The zero-order valence-electron chi connectivity index (χ0n) is 10.8. The van der Waals surface area contributed by atoms with Gasteiger partial charge in [0.1, 0.15) is 0 Å². The van der Waals surface area contributed by atoms with Gasteiger partial charge in [0.05, 0.1) is 24.1 Å². The van der Waals surface area contributed by atoms with Crippen molar-refractivity contribution in [3.05, 3.63) is 24.0 Å². The second kappa shape index (κ2) is 4.81. The zero-order chi connectivity index (χ0) is 13.3. The van der Waals surface area contributed by atoms with Gasteiger partial charge in [-0.3, -0.25) is 4.98 Å². The number of nitrogens with zero attached hydrogens (tertiary/aromatic N) is 2. The summed E-state index contributed by atoms with van der Waals surface area (Å²) in [5, 5.41) is 9.02. The van der Waals surface area contributed by atoms with E-state index >= 15 is 0 Å². The minimum Gasteiger partial charge on any atom is -0.478 e. The van der Waals surface area contributed by atoms with Crippen molar-refractivity contribution >= 4 is 11.7 Å². The number of aromatic carboxylic acids is 1. The van der Waals surface area contributed by atoms with Crippen LogP contribution in [0, 0.1) is 5.41 Å². The molecule has 1 unspecified atom stereocenters. The van der Waals surface area contributed by atoms with Gasteiger partial charge in [-0.2, -0.15) is 0 Å². The van der Waals surface area contributed by atoms with Gasteiger partial charge in [-0.15, -0.1) is 0 Å². The third-order valence-electron chi connectivity index (χ3n) is 4.18. The fourth-order valence-electron chi connectivity index (χ4n) is 3.11. The lowest BCUT2D eigenvalue weighted by atomic mass is 9.82. The summed E-state index contributed by atoms with van der Waals surface area (Å²) in [5.41, 5.74) is 1.41. The third-order valence-corrected chi connectivity index (χ3v) is 4.18. The van der Waals surface area contributed by atoms with E-state index in [1.165, 1.54) is 12.6 Å². The lowest BCUT2D eigenvalue weighted by molar-refractivity contribution is 0.00438. The number of carboxylic acid groups (broad SMARTS) is 1. The summed E-state index contributed by atoms with van der Waals surface area (Å²) >= 11 is 0. The van der Waals surface area contributed by atoms with E-state index in [1.54, 1.807) is 12.3 Å². The van der Waals surface area contributed by atoms with Crippen molar-refractivity contribution in [1.82, 2.24) is 4.98 Å². The molecule has 2 saturated heterocycles. The fourth-order valence-corrected chi connectivity index (χ4v) is 3.11. The summed E-state index contributed by atoms with van der Waals surface area (Å²) in [7, 11) is 0. The van der Waals surface area contributed by atoms with Gasteiger partial charge in [0.25, 0.3) is 0 Å². The Kier molecular flexibility index (Phi) is 3.14. The molecular weight excluding hydrogens is 244 g/mol. The lowest BCUT2D eigenvalue weighted by Crippen LogP contribution is -2.35. The van der Waals surface area contributed by atoms with Gasteiger partial charge in [-0.1, -0.05) is 0 Å². The minimum absolute atomic E-state index is 0.248. The highest BCUT2D eigenvalue weighted by molar-refractivity contribution is 5.88. The van der Waals surface area contributed by atoms with Gasteiger partial charge >= 0.3 is 5.97 Å². The Morgan fingerprint density at radius 3 is 3.05 bits per heavy atom. The number of ether oxygens (including phenoxy) is 1. The Bertz CT molecular complexity index is 483. The molecule has 2 aliphatic rings. The molecule has 3 heterocycles. The Hall–Kier alpha value is -1.62. The maximum atomic E-state index is 11.0. The molecule has 3 rings (SSSR count). The molecular formula is C14H18N2O3. The molecule has 1 spiro atoms. The Balaban J connectivity index is 1.77. The number of hydrogen-bond donors (Lipinski definition) is 1. The predicted octanol–water partition coefficient (Wildman–Crippen LogP) is 1.79. The van der Waals surface area contributed by atoms with Crippen molar-refractivity contribution in [2.75, 3.05) is 31.2 Å². The summed E-state index contributed by atoms with van der Waals surface area (Å²) < 4.78 is 5.62. The van der Waals surface area contributed by atoms with E-state index in [1.807, 2.05) is 0 Å². The number of rotatable bonds is 2. The van der Waals surface area contributed by atoms with E-state index in [4.69, 9.17) is 9.84 Å². The molecule has 0 aliphatic carbocycles.